The fraction of sp³-hybridized carbons (Fsp3) is 0.0909. The van der Waals surface area contributed by atoms with Crippen molar-refractivity contribution in [1.82, 2.24) is 0 Å². The Morgan fingerprint density at radius 1 is 0.700 bits per heavy atom. The van der Waals surface area contributed by atoms with Gasteiger partial charge < -0.3 is 14.8 Å². The van der Waals surface area contributed by atoms with E-state index in [1.54, 1.807) is 0 Å². The minimum Gasteiger partial charge on any atom is -0.456 e. The molecule has 5 rings (SSSR count). The fourth-order valence-corrected chi connectivity index (χ4v) is 4.87. The molecule has 0 radical (unpaired) electrons. The molecule has 5 aromatic rings. The van der Waals surface area contributed by atoms with Crippen LogP contribution >= 0.6 is 11.6 Å². The van der Waals surface area contributed by atoms with Crippen molar-refractivity contribution in [3.63, 3.8) is 0 Å². The van der Waals surface area contributed by atoms with Crippen LogP contribution < -0.4 is 5.32 Å². The predicted octanol–water partition coefficient (Wildman–Crippen LogP) is 8.14. The number of benzene rings is 4. The second kappa shape index (κ2) is 11.0. The number of nitrogens with one attached hydrogen (secondary N) is 1. The number of halogens is 4. The summed E-state index contributed by atoms with van der Waals surface area (Å²) in [5.74, 6) is 4.31. The van der Waals surface area contributed by atoms with E-state index in [4.69, 9.17) is 16.0 Å². The van der Waals surface area contributed by atoms with Gasteiger partial charge in [-0.05, 0) is 58.9 Å². The highest BCUT2D eigenvalue weighted by Crippen LogP contribution is 2.46. The van der Waals surface area contributed by atoms with Gasteiger partial charge in [0.25, 0.3) is 5.60 Å². The van der Waals surface area contributed by atoms with Gasteiger partial charge in [-0.3, -0.25) is 0 Å². The standard InChI is InChI=1S/C33H23ClF3NO2/c34-27-18-19-30(29(23-27)31(39,33(35,36)37)21-20-28-17-10-22-40-28)38-32(24-11-4-1-5-12-24,25-13-6-2-7-14-25)26-15-8-3-9-16-26/h1-19,22-23,38-39H. The van der Waals surface area contributed by atoms with Gasteiger partial charge in [-0.1, -0.05) is 103 Å². The van der Waals surface area contributed by atoms with Gasteiger partial charge in [0.2, 0.25) is 0 Å². The molecule has 3 nitrogen and oxygen atoms in total. The summed E-state index contributed by atoms with van der Waals surface area (Å²) in [6.45, 7) is 0. The van der Waals surface area contributed by atoms with Crippen molar-refractivity contribution in [2.45, 2.75) is 17.3 Å². The van der Waals surface area contributed by atoms with E-state index in [1.807, 2.05) is 96.9 Å². The number of hydrogen-bond acceptors (Lipinski definition) is 3. The van der Waals surface area contributed by atoms with Crippen LogP contribution in [0.2, 0.25) is 5.02 Å². The van der Waals surface area contributed by atoms with Crippen molar-refractivity contribution in [3.8, 4) is 11.8 Å². The largest absolute Gasteiger partial charge is 0.456 e. The summed E-state index contributed by atoms with van der Waals surface area (Å²) < 4.78 is 49.1. The molecule has 0 aliphatic rings. The van der Waals surface area contributed by atoms with Gasteiger partial charge in [-0.25, -0.2) is 0 Å². The highest BCUT2D eigenvalue weighted by molar-refractivity contribution is 6.30. The minimum absolute atomic E-state index is 0.00507. The molecule has 1 atom stereocenters. The summed E-state index contributed by atoms with van der Waals surface area (Å²) in [6.07, 6.45) is -3.89. The van der Waals surface area contributed by atoms with Gasteiger partial charge in [-0.2, -0.15) is 13.2 Å². The van der Waals surface area contributed by atoms with Crippen molar-refractivity contribution in [2.24, 2.45) is 0 Å². The van der Waals surface area contributed by atoms with E-state index >= 15 is 0 Å². The highest BCUT2D eigenvalue weighted by Gasteiger charge is 2.56. The number of alkyl halides is 3. The number of aliphatic hydroxyl groups is 1. The zero-order valence-electron chi connectivity index (χ0n) is 21.0. The fourth-order valence-electron chi connectivity index (χ4n) is 4.70. The smallest absolute Gasteiger partial charge is 0.433 e. The van der Waals surface area contributed by atoms with E-state index in [1.165, 1.54) is 30.5 Å². The molecule has 0 saturated carbocycles. The van der Waals surface area contributed by atoms with E-state index in [0.29, 0.717) is 0 Å². The van der Waals surface area contributed by atoms with Gasteiger partial charge in [0, 0.05) is 16.3 Å². The first-order chi connectivity index (χ1) is 19.2. The highest BCUT2D eigenvalue weighted by atomic mass is 35.5. The van der Waals surface area contributed by atoms with Crippen molar-refractivity contribution >= 4 is 17.3 Å². The molecule has 200 valence electrons. The van der Waals surface area contributed by atoms with Crippen molar-refractivity contribution in [2.75, 3.05) is 5.32 Å². The summed E-state index contributed by atoms with van der Waals surface area (Å²) in [5, 5.41) is 14.7. The summed E-state index contributed by atoms with van der Waals surface area (Å²) in [6, 6.07) is 35.0. The van der Waals surface area contributed by atoms with Crippen LogP contribution in [-0.2, 0) is 11.1 Å². The number of hydrogen-bond donors (Lipinski definition) is 2. The molecule has 0 aliphatic carbocycles. The number of anilines is 1. The quantitative estimate of drug-likeness (QED) is 0.164. The normalized spacial score (nSPS) is 13.1. The lowest BCUT2D eigenvalue weighted by atomic mass is 9.76. The SMILES string of the molecule is OC(C#Cc1ccco1)(c1cc(Cl)ccc1NC(c1ccccc1)(c1ccccc1)c1ccccc1)C(F)(F)F. The van der Waals surface area contributed by atoms with Crippen LogP contribution in [0.25, 0.3) is 0 Å². The molecular formula is C33H23ClF3NO2. The molecule has 40 heavy (non-hydrogen) atoms. The number of rotatable bonds is 6. The molecule has 0 aliphatic heterocycles. The summed E-state index contributed by atoms with van der Waals surface area (Å²) >= 11 is 6.22. The molecule has 1 heterocycles. The average molecular weight is 558 g/mol. The zero-order valence-corrected chi connectivity index (χ0v) is 21.7. The maximum atomic E-state index is 14.7. The third-order valence-electron chi connectivity index (χ3n) is 6.61. The molecule has 7 heteroatoms. The van der Waals surface area contributed by atoms with E-state index in [0.717, 1.165) is 22.8 Å². The lowest BCUT2D eigenvalue weighted by molar-refractivity contribution is -0.240. The van der Waals surface area contributed by atoms with Crippen LogP contribution in [-0.4, -0.2) is 11.3 Å². The van der Waals surface area contributed by atoms with Gasteiger partial charge in [-0.15, -0.1) is 0 Å². The average Bonchev–Trinajstić information content (AvgIpc) is 3.50. The molecule has 0 spiro atoms. The van der Waals surface area contributed by atoms with E-state index in [2.05, 4.69) is 11.2 Å². The summed E-state index contributed by atoms with van der Waals surface area (Å²) in [7, 11) is 0. The Balaban J connectivity index is 1.79. The van der Waals surface area contributed by atoms with Gasteiger partial charge >= 0.3 is 6.18 Å². The molecule has 1 aromatic heterocycles. The summed E-state index contributed by atoms with van der Waals surface area (Å²) in [5.41, 5.74) is -2.98. The monoisotopic (exact) mass is 557 g/mol. The van der Waals surface area contributed by atoms with E-state index in [9.17, 15) is 18.3 Å². The van der Waals surface area contributed by atoms with Crippen LogP contribution in [0.3, 0.4) is 0 Å². The Kier molecular flexibility index (Phi) is 7.44. The Bertz CT molecular complexity index is 1530. The van der Waals surface area contributed by atoms with Crippen molar-refractivity contribution in [1.29, 1.82) is 0 Å². The molecule has 0 amide bonds. The van der Waals surface area contributed by atoms with Crippen molar-refractivity contribution in [3.05, 3.63) is 161 Å². The Morgan fingerprint density at radius 2 is 1.23 bits per heavy atom. The lowest BCUT2D eigenvalue weighted by Gasteiger charge is -2.39. The molecule has 4 aromatic carbocycles. The zero-order chi connectivity index (χ0) is 28.2. The molecule has 0 bridgehead atoms. The van der Waals surface area contributed by atoms with Crippen LogP contribution in [0.4, 0.5) is 18.9 Å². The molecule has 0 saturated heterocycles. The lowest BCUT2D eigenvalue weighted by Crippen LogP contribution is -2.43. The Morgan fingerprint density at radius 3 is 1.68 bits per heavy atom. The second-order valence-corrected chi connectivity index (χ2v) is 9.53. The molecule has 2 N–H and O–H groups in total. The van der Waals surface area contributed by atoms with Crippen LogP contribution in [0.5, 0.6) is 0 Å². The Labute approximate surface area is 234 Å². The molecule has 1 unspecified atom stereocenters. The maximum Gasteiger partial charge on any atom is 0.433 e. The predicted molar refractivity (Wildman–Crippen MR) is 150 cm³/mol. The Hall–Kier alpha value is -4.44. The maximum absolute atomic E-state index is 14.7. The van der Waals surface area contributed by atoms with Gasteiger partial charge in [0.05, 0.1) is 6.26 Å². The third-order valence-corrected chi connectivity index (χ3v) is 6.85. The third kappa shape index (κ3) is 5.10. The van der Waals surface area contributed by atoms with Crippen LogP contribution in [0, 0.1) is 11.8 Å². The van der Waals surface area contributed by atoms with Crippen LogP contribution in [0.1, 0.15) is 28.0 Å². The first-order valence-electron chi connectivity index (χ1n) is 12.3. The first kappa shape index (κ1) is 27.1. The van der Waals surface area contributed by atoms with E-state index in [-0.39, 0.29) is 16.5 Å². The molecule has 0 fully saturated rings. The minimum atomic E-state index is -5.18. The van der Waals surface area contributed by atoms with Gasteiger partial charge in [0.15, 0.2) is 5.76 Å². The van der Waals surface area contributed by atoms with Crippen LogP contribution in [0.15, 0.2) is 132 Å². The van der Waals surface area contributed by atoms with E-state index < -0.39 is 22.9 Å². The second-order valence-electron chi connectivity index (χ2n) is 9.10. The topological polar surface area (TPSA) is 45.4 Å². The van der Waals surface area contributed by atoms with Gasteiger partial charge in [0.1, 0.15) is 5.54 Å². The van der Waals surface area contributed by atoms with Crippen molar-refractivity contribution < 1.29 is 22.7 Å². The molecular weight excluding hydrogens is 535 g/mol. The first-order valence-corrected chi connectivity index (χ1v) is 12.7. The summed E-state index contributed by atoms with van der Waals surface area (Å²) in [4.78, 5) is 0. The number of furan rings is 1.